The second kappa shape index (κ2) is 5.85. The smallest absolute Gasteiger partial charge is 0.138 e. The summed E-state index contributed by atoms with van der Waals surface area (Å²) in [6.45, 7) is 5.91. The number of rotatable bonds is 5. The van der Waals surface area contributed by atoms with Crippen molar-refractivity contribution < 1.29 is 9.53 Å². The van der Waals surface area contributed by atoms with Crippen molar-refractivity contribution in [1.29, 1.82) is 0 Å². The van der Waals surface area contributed by atoms with E-state index < -0.39 is 0 Å². The van der Waals surface area contributed by atoms with Crippen LogP contribution in [0.4, 0.5) is 0 Å². The number of hydrogen-bond acceptors (Lipinski definition) is 2. The van der Waals surface area contributed by atoms with Gasteiger partial charge < -0.3 is 4.74 Å². The van der Waals surface area contributed by atoms with Gasteiger partial charge in [-0.25, -0.2) is 0 Å². The van der Waals surface area contributed by atoms with Gasteiger partial charge in [0.15, 0.2) is 0 Å². The Morgan fingerprint density at radius 1 is 1.24 bits per heavy atom. The van der Waals surface area contributed by atoms with E-state index in [-0.39, 0.29) is 5.41 Å². The molecular formula is C15H22O2. The Kier molecular flexibility index (Phi) is 4.73. The van der Waals surface area contributed by atoms with Crippen LogP contribution in [0.3, 0.4) is 0 Å². The number of carbonyl (C=O) groups is 1. The molecule has 0 saturated carbocycles. The van der Waals surface area contributed by atoms with Gasteiger partial charge in [-0.15, -0.1) is 0 Å². The first-order valence-corrected chi connectivity index (χ1v) is 6.10. The average molecular weight is 234 g/mol. The quantitative estimate of drug-likeness (QED) is 0.777. The Morgan fingerprint density at radius 2 is 1.88 bits per heavy atom. The van der Waals surface area contributed by atoms with Crippen LogP contribution in [0, 0.1) is 5.41 Å². The topological polar surface area (TPSA) is 26.3 Å². The van der Waals surface area contributed by atoms with Gasteiger partial charge in [0, 0.05) is 11.8 Å². The van der Waals surface area contributed by atoms with Crippen molar-refractivity contribution in [1.82, 2.24) is 0 Å². The summed E-state index contributed by atoms with van der Waals surface area (Å²) in [5.74, 6) is 1.24. The van der Waals surface area contributed by atoms with E-state index in [2.05, 4.69) is 6.07 Å². The van der Waals surface area contributed by atoms with Gasteiger partial charge in [0.05, 0.1) is 7.11 Å². The molecule has 0 bridgehead atoms. The standard InChI is InChI=1S/C15H22O2/c1-15(2,3)14(16)11-7-9-12-8-5-6-10-13(12)17-4/h5-6,8,10H,7,9,11H2,1-4H3. The third-order valence-electron chi connectivity index (χ3n) is 2.88. The summed E-state index contributed by atoms with van der Waals surface area (Å²) in [5.41, 5.74) is 0.956. The molecule has 0 N–H and O–H groups in total. The maximum Gasteiger partial charge on any atom is 0.138 e. The van der Waals surface area contributed by atoms with Crippen LogP contribution in [0.2, 0.25) is 0 Å². The molecule has 2 heteroatoms. The largest absolute Gasteiger partial charge is 0.496 e. The zero-order valence-corrected chi connectivity index (χ0v) is 11.2. The fraction of sp³-hybridized carbons (Fsp3) is 0.533. The van der Waals surface area contributed by atoms with Gasteiger partial charge in [0.1, 0.15) is 11.5 Å². The molecule has 17 heavy (non-hydrogen) atoms. The van der Waals surface area contributed by atoms with Gasteiger partial charge in [-0.2, -0.15) is 0 Å². The monoisotopic (exact) mass is 234 g/mol. The first-order chi connectivity index (χ1) is 7.95. The maximum atomic E-state index is 11.8. The van der Waals surface area contributed by atoms with Crippen molar-refractivity contribution in [3.8, 4) is 5.75 Å². The molecule has 0 radical (unpaired) electrons. The Balaban J connectivity index is 2.49. The number of methoxy groups -OCH3 is 1. The molecule has 0 amide bonds. The highest BCUT2D eigenvalue weighted by Crippen LogP contribution is 2.22. The van der Waals surface area contributed by atoms with Gasteiger partial charge in [-0.1, -0.05) is 39.0 Å². The minimum absolute atomic E-state index is 0.221. The lowest BCUT2D eigenvalue weighted by molar-refractivity contribution is -0.126. The molecule has 0 spiro atoms. The molecule has 0 unspecified atom stereocenters. The van der Waals surface area contributed by atoms with E-state index in [4.69, 9.17) is 4.74 Å². The third-order valence-corrected chi connectivity index (χ3v) is 2.88. The van der Waals surface area contributed by atoms with E-state index in [0.717, 1.165) is 18.6 Å². The molecule has 0 fully saturated rings. The Morgan fingerprint density at radius 3 is 2.47 bits per heavy atom. The van der Waals surface area contributed by atoms with Crippen LogP contribution < -0.4 is 4.74 Å². The van der Waals surface area contributed by atoms with Crippen molar-refractivity contribution in [3.05, 3.63) is 29.8 Å². The third kappa shape index (κ3) is 4.22. The lowest BCUT2D eigenvalue weighted by Gasteiger charge is -2.16. The van der Waals surface area contributed by atoms with Crippen LogP contribution in [0.5, 0.6) is 5.75 Å². The highest BCUT2D eigenvalue weighted by atomic mass is 16.5. The van der Waals surface area contributed by atoms with E-state index >= 15 is 0 Å². The highest BCUT2D eigenvalue weighted by molar-refractivity contribution is 5.83. The van der Waals surface area contributed by atoms with Crippen molar-refractivity contribution in [2.45, 2.75) is 40.0 Å². The molecule has 94 valence electrons. The Bertz CT molecular complexity index is 375. The normalized spacial score (nSPS) is 11.3. The first kappa shape index (κ1) is 13.8. The summed E-state index contributed by atoms with van der Waals surface area (Å²) in [6.07, 6.45) is 2.42. The van der Waals surface area contributed by atoms with Gasteiger partial charge in [0.2, 0.25) is 0 Å². The molecular weight excluding hydrogens is 212 g/mol. The Hall–Kier alpha value is -1.31. The predicted octanol–water partition coefficient (Wildman–Crippen LogP) is 3.63. The molecule has 0 saturated heterocycles. The predicted molar refractivity (Wildman–Crippen MR) is 70.4 cm³/mol. The maximum absolute atomic E-state index is 11.8. The lowest BCUT2D eigenvalue weighted by atomic mass is 9.87. The average Bonchev–Trinajstić information content (AvgIpc) is 2.28. The fourth-order valence-electron chi connectivity index (χ4n) is 1.72. The molecule has 0 aromatic heterocycles. The molecule has 0 aliphatic rings. The number of Topliss-reactive ketones (excluding diaryl/α,β-unsaturated/α-hetero) is 1. The summed E-state index contributed by atoms with van der Waals surface area (Å²) >= 11 is 0. The van der Waals surface area contributed by atoms with Gasteiger partial charge >= 0.3 is 0 Å². The summed E-state index contributed by atoms with van der Waals surface area (Å²) in [5, 5.41) is 0. The lowest BCUT2D eigenvalue weighted by Crippen LogP contribution is -2.19. The van der Waals surface area contributed by atoms with Crippen molar-refractivity contribution in [3.63, 3.8) is 0 Å². The van der Waals surface area contributed by atoms with E-state index in [9.17, 15) is 4.79 Å². The van der Waals surface area contributed by atoms with Gasteiger partial charge in [-0.3, -0.25) is 4.79 Å². The Labute approximate surface area is 104 Å². The fourth-order valence-corrected chi connectivity index (χ4v) is 1.72. The molecule has 2 nitrogen and oxygen atoms in total. The van der Waals surface area contributed by atoms with Crippen LogP contribution in [0.1, 0.15) is 39.2 Å². The number of ether oxygens (including phenoxy) is 1. The molecule has 1 rings (SSSR count). The van der Waals surface area contributed by atoms with Gasteiger partial charge in [0.25, 0.3) is 0 Å². The number of carbonyl (C=O) groups excluding carboxylic acids is 1. The van der Waals surface area contributed by atoms with Crippen molar-refractivity contribution in [2.24, 2.45) is 5.41 Å². The number of ketones is 1. The SMILES string of the molecule is COc1ccccc1CCCC(=O)C(C)(C)C. The van der Waals surface area contributed by atoms with Crippen LogP contribution in [0.25, 0.3) is 0 Å². The highest BCUT2D eigenvalue weighted by Gasteiger charge is 2.20. The number of para-hydroxylation sites is 1. The number of benzene rings is 1. The summed E-state index contributed by atoms with van der Waals surface area (Å²) in [6, 6.07) is 7.98. The van der Waals surface area contributed by atoms with Crippen molar-refractivity contribution in [2.75, 3.05) is 7.11 Å². The van der Waals surface area contributed by atoms with Crippen LogP contribution >= 0.6 is 0 Å². The second-order valence-electron chi connectivity index (χ2n) is 5.34. The minimum atomic E-state index is -0.221. The summed E-state index contributed by atoms with van der Waals surface area (Å²) in [7, 11) is 1.68. The van der Waals surface area contributed by atoms with Crippen LogP contribution in [-0.4, -0.2) is 12.9 Å². The number of hydrogen-bond donors (Lipinski definition) is 0. The molecule has 0 aliphatic carbocycles. The second-order valence-corrected chi connectivity index (χ2v) is 5.34. The molecule has 0 heterocycles. The van der Waals surface area contributed by atoms with E-state index in [1.54, 1.807) is 7.11 Å². The first-order valence-electron chi connectivity index (χ1n) is 6.10. The molecule has 0 aliphatic heterocycles. The molecule has 0 atom stereocenters. The van der Waals surface area contributed by atoms with Gasteiger partial charge in [-0.05, 0) is 24.5 Å². The van der Waals surface area contributed by atoms with Crippen LogP contribution in [0.15, 0.2) is 24.3 Å². The summed E-state index contributed by atoms with van der Waals surface area (Å²) in [4.78, 5) is 11.8. The molecule has 1 aromatic rings. The van der Waals surface area contributed by atoms with E-state index in [0.29, 0.717) is 12.2 Å². The zero-order valence-electron chi connectivity index (χ0n) is 11.2. The van der Waals surface area contributed by atoms with E-state index in [1.807, 2.05) is 39.0 Å². The molecule has 1 aromatic carbocycles. The van der Waals surface area contributed by atoms with E-state index in [1.165, 1.54) is 5.56 Å². The number of aryl methyl sites for hydroxylation is 1. The zero-order chi connectivity index (χ0) is 12.9. The minimum Gasteiger partial charge on any atom is -0.496 e. The summed E-state index contributed by atoms with van der Waals surface area (Å²) < 4.78 is 5.29. The van der Waals surface area contributed by atoms with Crippen molar-refractivity contribution >= 4 is 5.78 Å². The van der Waals surface area contributed by atoms with Crippen LogP contribution in [-0.2, 0) is 11.2 Å².